The van der Waals surface area contributed by atoms with E-state index in [1.165, 1.54) is 4.68 Å². The van der Waals surface area contributed by atoms with Crippen LogP contribution in [0.15, 0.2) is 53.0 Å². The molecule has 3 N–H and O–H groups in total. The van der Waals surface area contributed by atoms with Crippen LogP contribution in [0, 0.1) is 0 Å². The molecule has 1 heterocycles. The zero-order valence-corrected chi connectivity index (χ0v) is 18.8. The molecule has 0 aliphatic rings. The molecule has 0 fully saturated rings. The number of carbonyl (C=O) groups excluding carboxylic acids is 3. The molecule has 8 nitrogen and oxygen atoms in total. The Morgan fingerprint density at radius 3 is 2.42 bits per heavy atom. The monoisotopic (exact) mass is 486 g/mol. The molecular weight excluding hydrogens is 464 g/mol. The second-order valence-corrected chi connectivity index (χ2v) is 7.59. The number of benzene rings is 2. The van der Waals surface area contributed by atoms with Crippen LogP contribution in [0.3, 0.4) is 0 Å². The normalized spacial score (nSPS) is 10.5. The Hall–Kier alpha value is -3.33. The van der Waals surface area contributed by atoms with E-state index >= 15 is 0 Å². The van der Waals surface area contributed by atoms with Crippen molar-refractivity contribution in [3.05, 3.63) is 58.7 Å². The van der Waals surface area contributed by atoms with Crippen LogP contribution in [-0.2, 0) is 9.59 Å². The standard InChI is InChI=1S/C22H23BrN4O4/c1-3-11-24-21(29)22(30)26-27-18-10-5-15(23)12-14(18)13-19(27)20(28)25-16-6-8-17(9-7-16)31-4-2/h5-10,12-13H,3-4,11H2,1-2H3,(H,24,29)(H,25,28)(H,26,30). The second kappa shape index (κ2) is 10.1. The second-order valence-electron chi connectivity index (χ2n) is 6.68. The van der Waals surface area contributed by atoms with E-state index in [0.29, 0.717) is 36.5 Å². The van der Waals surface area contributed by atoms with E-state index in [9.17, 15) is 14.4 Å². The number of nitrogens with one attached hydrogen (secondary N) is 3. The molecule has 0 radical (unpaired) electrons. The number of anilines is 1. The van der Waals surface area contributed by atoms with Gasteiger partial charge in [0.1, 0.15) is 11.4 Å². The molecule has 1 aromatic heterocycles. The summed E-state index contributed by atoms with van der Waals surface area (Å²) in [6, 6.07) is 14.0. The van der Waals surface area contributed by atoms with Gasteiger partial charge in [-0.15, -0.1) is 0 Å². The molecule has 0 aliphatic heterocycles. The zero-order valence-electron chi connectivity index (χ0n) is 17.2. The summed E-state index contributed by atoms with van der Waals surface area (Å²) in [7, 11) is 0. The molecule has 0 saturated carbocycles. The van der Waals surface area contributed by atoms with Crippen LogP contribution in [-0.4, -0.2) is 35.5 Å². The molecule has 0 unspecified atom stereocenters. The van der Waals surface area contributed by atoms with Crippen molar-refractivity contribution in [1.29, 1.82) is 0 Å². The number of fused-ring (bicyclic) bond motifs is 1. The fourth-order valence-electron chi connectivity index (χ4n) is 2.94. The van der Waals surface area contributed by atoms with Crippen molar-refractivity contribution in [2.24, 2.45) is 0 Å². The first-order chi connectivity index (χ1) is 14.9. The van der Waals surface area contributed by atoms with Crippen LogP contribution in [0.25, 0.3) is 10.9 Å². The summed E-state index contributed by atoms with van der Waals surface area (Å²) in [5, 5.41) is 6.05. The molecule has 0 spiro atoms. The molecular formula is C22H23BrN4O4. The van der Waals surface area contributed by atoms with Crippen molar-refractivity contribution in [3.8, 4) is 5.75 Å². The highest BCUT2D eigenvalue weighted by molar-refractivity contribution is 9.10. The Bertz CT molecular complexity index is 1110. The fourth-order valence-corrected chi connectivity index (χ4v) is 3.32. The third-order valence-electron chi connectivity index (χ3n) is 4.37. The van der Waals surface area contributed by atoms with Gasteiger partial charge in [0.05, 0.1) is 12.1 Å². The topological polar surface area (TPSA) is 101 Å². The maximum absolute atomic E-state index is 13.0. The number of halogens is 1. The van der Waals surface area contributed by atoms with Crippen molar-refractivity contribution in [2.75, 3.05) is 23.9 Å². The molecule has 9 heteroatoms. The number of hydrogen-bond donors (Lipinski definition) is 3. The minimum Gasteiger partial charge on any atom is -0.494 e. The van der Waals surface area contributed by atoms with Gasteiger partial charge in [0.15, 0.2) is 0 Å². The summed E-state index contributed by atoms with van der Waals surface area (Å²) in [5.41, 5.74) is 3.85. The molecule has 3 aromatic rings. The van der Waals surface area contributed by atoms with E-state index < -0.39 is 17.7 Å². The van der Waals surface area contributed by atoms with Gasteiger partial charge in [0.2, 0.25) is 0 Å². The minimum absolute atomic E-state index is 0.179. The maximum atomic E-state index is 13.0. The van der Waals surface area contributed by atoms with E-state index in [2.05, 4.69) is 32.0 Å². The fraction of sp³-hybridized carbons (Fsp3) is 0.227. The highest BCUT2D eigenvalue weighted by Gasteiger charge is 2.21. The number of carbonyl (C=O) groups is 3. The lowest BCUT2D eigenvalue weighted by Crippen LogP contribution is -2.40. The number of aromatic nitrogens is 1. The summed E-state index contributed by atoms with van der Waals surface area (Å²) in [6.45, 7) is 4.71. The number of amides is 3. The first-order valence-corrected chi connectivity index (χ1v) is 10.7. The molecule has 0 atom stereocenters. The molecule has 2 aromatic carbocycles. The smallest absolute Gasteiger partial charge is 0.328 e. The minimum atomic E-state index is -0.857. The summed E-state index contributed by atoms with van der Waals surface area (Å²) >= 11 is 3.41. The lowest BCUT2D eigenvalue weighted by molar-refractivity contribution is -0.136. The van der Waals surface area contributed by atoms with Crippen molar-refractivity contribution >= 4 is 50.2 Å². The van der Waals surface area contributed by atoms with Crippen LogP contribution in [0.2, 0.25) is 0 Å². The van der Waals surface area contributed by atoms with Crippen LogP contribution in [0.5, 0.6) is 5.75 Å². The Morgan fingerprint density at radius 2 is 1.74 bits per heavy atom. The van der Waals surface area contributed by atoms with Gasteiger partial charge in [-0.3, -0.25) is 19.8 Å². The van der Waals surface area contributed by atoms with E-state index in [1.54, 1.807) is 42.5 Å². The Labute approximate surface area is 188 Å². The quantitative estimate of drug-likeness (QED) is 0.443. The van der Waals surface area contributed by atoms with Crippen LogP contribution < -0.4 is 20.8 Å². The average Bonchev–Trinajstić information content (AvgIpc) is 3.10. The Morgan fingerprint density at radius 1 is 1.00 bits per heavy atom. The van der Waals surface area contributed by atoms with Gasteiger partial charge in [-0.2, -0.15) is 0 Å². The van der Waals surface area contributed by atoms with E-state index in [-0.39, 0.29) is 5.69 Å². The predicted molar refractivity (Wildman–Crippen MR) is 123 cm³/mol. The van der Waals surface area contributed by atoms with Gasteiger partial charge in [0.25, 0.3) is 5.91 Å². The summed E-state index contributed by atoms with van der Waals surface area (Å²) < 4.78 is 7.55. The van der Waals surface area contributed by atoms with Crippen molar-refractivity contribution < 1.29 is 19.1 Å². The molecule has 3 rings (SSSR count). The highest BCUT2D eigenvalue weighted by atomic mass is 79.9. The van der Waals surface area contributed by atoms with Crippen molar-refractivity contribution in [3.63, 3.8) is 0 Å². The molecule has 162 valence electrons. The van der Waals surface area contributed by atoms with Crippen LogP contribution in [0.1, 0.15) is 30.8 Å². The molecule has 0 bridgehead atoms. The van der Waals surface area contributed by atoms with E-state index in [0.717, 1.165) is 9.86 Å². The van der Waals surface area contributed by atoms with Gasteiger partial charge in [0, 0.05) is 22.1 Å². The summed E-state index contributed by atoms with van der Waals surface area (Å²) in [6.07, 6.45) is 0.704. The third kappa shape index (κ3) is 5.43. The molecule has 0 saturated heterocycles. The summed E-state index contributed by atoms with van der Waals surface area (Å²) in [4.78, 5) is 37.4. The zero-order chi connectivity index (χ0) is 22.4. The molecule has 0 aliphatic carbocycles. The number of nitrogens with zero attached hydrogens (tertiary/aromatic N) is 1. The SMILES string of the molecule is CCCNC(=O)C(=O)Nn1c(C(=O)Nc2ccc(OCC)cc2)cc2cc(Br)ccc21. The van der Waals surface area contributed by atoms with Gasteiger partial charge in [-0.05, 0) is 61.9 Å². The maximum Gasteiger partial charge on any atom is 0.328 e. The largest absolute Gasteiger partial charge is 0.494 e. The third-order valence-corrected chi connectivity index (χ3v) is 4.87. The first kappa shape index (κ1) is 22.4. The average molecular weight is 487 g/mol. The Kier molecular flexibility index (Phi) is 7.30. The van der Waals surface area contributed by atoms with Crippen molar-refractivity contribution in [1.82, 2.24) is 9.99 Å². The molecule has 3 amide bonds. The van der Waals surface area contributed by atoms with E-state index in [4.69, 9.17) is 4.74 Å². The Balaban J connectivity index is 1.89. The lowest BCUT2D eigenvalue weighted by Gasteiger charge is -2.13. The van der Waals surface area contributed by atoms with E-state index in [1.807, 2.05) is 19.9 Å². The van der Waals surface area contributed by atoms with Crippen molar-refractivity contribution in [2.45, 2.75) is 20.3 Å². The number of hydrogen-bond acceptors (Lipinski definition) is 4. The first-order valence-electron chi connectivity index (χ1n) is 9.87. The van der Waals surface area contributed by atoms with Gasteiger partial charge in [-0.1, -0.05) is 22.9 Å². The van der Waals surface area contributed by atoms with Gasteiger partial charge < -0.3 is 15.4 Å². The number of ether oxygens (including phenoxy) is 1. The van der Waals surface area contributed by atoms with Crippen LogP contribution >= 0.6 is 15.9 Å². The highest BCUT2D eigenvalue weighted by Crippen LogP contribution is 2.24. The number of rotatable bonds is 7. The predicted octanol–water partition coefficient (Wildman–Crippen LogP) is 3.65. The molecule has 31 heavy (non-hydrogen) atoms. The van der Waals surface area contributed by atoms with Gasteiger partial charge >= 0.3 is 11.8 Å². The summed E-state index contributed by atoms with van der Waals surface area (Å²) in [5.74, 6) is -1.36. The lowest BCUT2D eigenvalue weighted by atomic mass is 10.2. The van der Waals surface area contributed by atoms with Crippen LogP contribution in [0.4, 0.5) is 5.69 Å². The van der Waals surface area contributed by atoms with Gasteiger partial charge in [-0.25, -0.2) is 4.68 Å².